The Hall–Kier alpha value is -1.79. The minimum atomic E-state index is -0.314. The molecule has 1 aliphatic heterocycles. The molecule has 144 valence electrons. The van der Waals surface area contributed by atoms with E-state index in [9.17, 15) is 14.4 Å². The van der Waals surface area contributed by atoms with Gasteiger partial charge in [-0.05, 0) is 32.6 Å². The number of piperidine rings is 1. The topological polar surface area (TPSA) is 76.2 Å². The number of carbonyl (C=O) groups excluding carboxylic acids is 3. The van der Waals surface area contributed by atoms with Gasteiger partial charge in [-0.1, -0.05) is 13.8 Å². The highest BCUT2D eigenvalue weighted by molar-refractivity contribution is 5.80. The second kappa shape index (κ2) is 10.9. The number of likely N-dealkylation sites (tertiary alicyclic amines) is 1. The molecule has 1 heterocycles. The van der Waals surface area contributed by atoms with Gasteiger partial charge in [-0.2, -0.15) is 0 Å². The van der Waals surface area contributed by atoms with E-state index < -0.39 is 0 Å². The largest absolute Gasteiger partial charge is 0.469 e. The SMILES string of the molecule is CCOC(=O)N1CCC(N(CCC(=O)OC)C(=O)C(CC)CC)CC1. The molecule has 0 unspecified atom stereocenters. The molecule has 0 bridgehead atoms. The molecule has 0 aromatic heterocycles. The third-order valence-electron chi connectivity index (χ3n) is 4.83. The van der Waals surface area contributed by atoms with Crippen LogP contribution >= 0.6 is 0 Å². The summed E-state index contributed by atoms with van der Waals surface area (Å²) in [6.07, 6.45) is 2.86. The lowest BCUT2D eigenvalue weighted by Crippen LogP contribution is -2.50. The van der Waals surface area contributed by atoms with Crippen LogP contribution in [0, 0.1) is 5.92 Å². The van der Waals surface area contributed by atoms with E-state index in [-0.39, 0.29) is 36.4 Å². The first kappa shape index (κ1) is 21.3. The molecule has 1 fully saturated rings. The van der Waals surface area contributed by atoms with Crippen LogP contribution in [0.5, 0.6) is 0 Å². The third kappa shape index (κ3) is 6.21. The van der Waals surface area contributed by atoms with Crippen LogP contribution in [0.1, 0.15) is 52.9 Å². The number of rotatable bonds is 8. The van der Waals surface area contributed by atoms with Crippen molar-refractivity contribution >= 4 is 18.0 Å². The zero-order valence-corrected chi connectivity index (χ0v) is 16.0. The Labute approximate surface area is 150 Å². The number of methoxy groups -OCH3 is 1. The van der Waals surface area contributed by atoms with Gasteiger partial charge in [0.1, 0.15) is 0 Å². The molecule has 7 heteroatoms. The molecule has 1 aliphatic rings. The smallest absolute Gasteiger partial charge is 0.409 e. The number of esters is 1. The van der Waals surface area contributed by atoms with Crippen LogP contribution in [-0.4, -0.2) is 67.2 Å². The molecule has 0 saturated carbocycles. The van der Waals surface area contributed by atoms with E-state index in [0.717, 1.165) is 12.8 Å². The van der Waals surface area contributed by atoms with Crippen LogP contribution < -0.4 is 0 Å². The maximum Gasteiger partial charge on any atom is 0.409 e. The number of carbonyl (C=O) groups is 3. The van der Waals surface area contributed by atoms with Crippen LogP contribution in [0.2, 0.25) is 0 Å². The van der Waals surface area contributed by atoms with Gasteiger partial charge in [0.15, 0.2) is 0 Å². The van der Waals surface area contributed by atoms with E-state index in [0.29, 0.717) is 39.1 Å². The van der Waals surface area contributed by atoms with Gasteiger partial charge in [0.2, 0.25) is 5.91 Å². The lowest BCUT2D eigenvalue weighted by atomic mass is 9.97. The summed E-state index contributed by atoms with van der Waals surface area (Å²) in [5.41, 5.74) is 0. The van der Waals surface area contributed by atoms with Gasteiger partial charge < -0.3 is 19.3 Å². The van der Waals surface area contributed by atoms with Crippen LogP contribution in [0.4, 0.5) is 4.79 Å². The lowest BCUT2D eigenvalue weighted by molar-refractivity contribution is -0.144. The molecule has 1 saturated heterocycles. The zero-order chi connectivity index (χ0) is 18.8. The Bertz CT molecular complexity index is 443. The van der Waals surface area contributed by atoms with Crippen LogP contribution in [-0.2, 0) is 19.1 Å². The molecule has 0 spiro atoms. The predicted molar refractivity (Wildman–Crippen MR) is 94.0 cm³/mol. The first-order valence-electron chi connectivity index (χ1n) is 9.27. The number of hydrogen-bond donors (Lipinski definition) is 0. The van der Waals surface area contributed by atoms with Gasteiger partial charge in [0.25, 0.3) is 0 Å². The fraction of sp³-hybridized carbons (Fsp3) is 0.833. The lowest BCUT2D eigenvalue weighted by Gasteiger charge is -2.39. The Balaban J connectivity index is 2.74. The van der Waals surface area contributed by atoms with Crippen molar-refractivity contribution in [3.05, 3.63) is 0 Å². The van der Waals surface area contributed by atoms with Crippen LogP contribution in [0.15, 0.2) is 0 Å². The first-order chi connectivity index (χ1) is 12.0. The maximum absolute atomic E-state index is 12.9. The Morgan fingerprint density at radius 2 is 1.72 bits per heavy atom. The van der Waals surface area contributed by atoms with E-state index in [1.54, 1.807) is 11.8 Å². The summed E-state index contributed by atoms with van der Waals surface area (Å²) in [4.78, 5) is 39.7. The van der Waals surface area contributed by atoms with Gasteiger partial charge in [0, 0.05) is 31.6 Å². The molecule has 1 rings (SSSR count). The van der Waals surface area contributed by atoms with Crippen molar-refractivity contribution in [2.75, 3.05) is 33.4 Å². The van der Waals surface area contributed by atoms with Crippen molar-refractivity contribution in [1.29, 1.82) is 0 Å². The molecule has 2 amide bonds. The van der Waals surface area contributed by atoms with Crippen molar-refractivity contribution in [2.24, 2.45) is 5.92 Å². The van der Waals surface area contributed by atoms with Gasteiger partial charge in [-0.25, -0.2) is 4.79 Å². The average Bonchev–Trinajstić information content (AvgIpc) is 2.63. The summed E-state index contributed by atoms with van der Waals surface area (Å²) in [6, 6.07) is 0.0448. The van der Waals surface area contributed by atoms with Crippen molar-refractivity contribution in [3.8, 4) is 0 Å². The number of amides is 2. The Kier molecular flexibility index (Phi) is 9.31. The fourth-order valence-electron chi connectivity index (χ4n) is 3.23. The predicted octanol–water partition coefficient (Wildman–Crippen LogP) is 2.44. The second-order valence-corrected chi connectivity index (χ2v) is 6.29. The van der Waals surface area contributed by atoms with E-state index in [1.807, 2.05) is 18.7 Å². The van der Waals surface area contributed by atoms with Crippen molar-refractivity contribution in [1.82, 2.24) is 9.80 Å². The van der Waals surface area contributed by atoms with Crippen molar-refractivity contribution in [3.63, 3.8) is 0 Å². The zero-order valence-electron chi connectivity index (χ0n) is 16.0. The first-order valence-corrected chi connectivity index (χ1v) is 9.27. The third-order valence-corrected chi connectivity index (χ3v) is 4.83. The van der Waals surface area contributed by atoms with Crippen LogP contribution in [0.25, 0.3) is 0 Å². The highest BCUT2D eigenvalue weighted by atomic mass is 16.6. The van der Waals surface area contributed by atoms with Gasteiger partial charge in [-0.15, -0.1) is 0 Å². The van der Waals surface area contributed by atoms with Crippen molar-refractivity contribution in [2.45, 2.75) is 58.9 Å². The molecular weight excluding hydrogens is 324 g/mol. The molecule has 0 N–H and O–H groups in total. The van der Waals surface area contributed by atoms with Gasteiger partial charge >= 0.3 is 12.1 Å². The standard InChI is InChI=1S/C18H32N2O5/c1-5-14(6-2)17(22)20(13-10-16(21)24-4)15-8-11-19(12-9-15)18(23)25-7-3/h14-15H,5-13H2,1-4H3. The molecule has 0 radical (unpaired) electrons. The monoisotopic (exact) mass is 356 g/mol. The molecule has 7 nitrogen and oxygen atoms in total. The Morgan fingerprint density at radius 3 is 2.20 bits per heavy atom. The number of hydrogen-bond acceptors (Lipinski definition) is 5. The van der Waals surface area contributed by atoms with E-state index in [2.05, 4.69) is 0 Å². The second-order valence-electron chi connectivity index (χ2n) is 6.29. The van der Waals surface area contributed by atoms with E-state index in [1.165, 1.54) is 7.11 Å². The molecule has 0 aromatic rings. The highest BCUT2D eigenvalue weighted by Crippen LogP contribution is 2.22. The molecular formula is C18H32N2O5. The summed E-state index contributed by atoms with van der Waals surface area (Å²) < 4.78 is 9.75. The summed E-state index contributed by atoms with van der Waals surface area (Å²) in [7, 11) is 1.35. The summed E-state index contributed by atoms with van der Waals surface area (Å²) in [5, 5.41) is 0. The van der Waals surface area contributed by atoms with Gasteiger partial charge in [0.05, 0.1) is 20.1 Å². The molecule has 25 heavy (non-hydrogen) atoms. The minimum Gasteiger partial charge on any atom is -0.469 e. The number of ether oxygens (including phenoxy) is 2. The summed E-state index contributed by atoms with van der Waals surface area (Å²) in [6.45, 7) is 7.65. The highest BCUT2D eigenvalue weighted by Gasteiger charge is 2.32. The van der Waals surface area contributed by atoms with E-state index in [4.69, 9.17) is 9.47 Å². The summed E-state index contributed by atoms with van der Waals surface area (Å²) >= 11 is 0. The quantitative estimate of drug-likeness (QED) is 0.624. The molecule has 0 atom stereocenters. The fourth-order valence-corrected chi connectivity index (χ4v) is 3.23. The maximum atomic E-state index is 12.9. The van der Waals surface area contributed by atoms with Crippen molar-refractivity contribution < 1.29 is 23.9 Å². The van der Waals surface area contributed by atoms with Gasteiger partial charge in [-0.3, -0.25) is 9.59 Å². The molecule has 0 aromatic carbocycles. The number of nitrogens with zero attached hydrogens (tertiary/aromatic N) is 2. The van der Waals surface area contributed by atoms with E-state index >= 15 is 0 Å². The minimum absolute atomic E-state index is 0.0271. The summed E-state index contributed by atoms with van der Waals surface area (Å²) in [5.74, 6) is -0.240. The van der Waals surface area contributed by atoms with Crippen LogP contribution in [0.3, 0.4) is 0 Å². The Morgan fingerprint density at radius 1 is 1.12 bits per heavy atom. The normalized spacial score (nSPS) is 15.2. The molecule has 0 aliphatic carbocycles. The average molecular weight is 356 g/mol.